The Kier molecular flexibility index (Phi) is 13.1. The Hall–Kier alpha value is -2.60. The van der Waals surface area contributed by atoms with Gasteiger partial charge in [0.05, 0.1) is 25.7 Å². The van der Waals surface area contributed by atoms with Crippen LogP contribution in [-0.4, -0.2) is 94.8 Å². The second-order valence-electron chi connectivity index (χ2n) is 14.7. The molecular formula is C38H57NO8Si. The van der Waals surface area contributed by atoms with Crippen molar-refractivity contribution in [3.05, 3.63) is 60.7 Å². The molecule has 0 aromatic heterocycles. The number of carbonyl (C=O) groups excluding carboxylic acids is 2. The van der Waals surface area contributed by atoms with Crippen LogP contribution in [0.3, 0.4) is 0 Å². The van der Waals surface area contributed by atoms with Crippen LogP contribution < -0.4 is 10.4 Å². The number of methoxy groups -OCH3 is 3. The third-order valence-corrected chi connectivity index (χ3v) is 15.4. The molecular weight excluding hydrogens is 627 g/mol. The zero-order valence-corrected chi connectivity index (χ0v) is 31.1. The van der Waals surface area contributed by atoms with E-state index in [0.717, 1.165) is 12.8 Å². The Morgan fingerprint density at radius 2 is 1.62 bits per heavy atom. The number of ether oxygens (including phenoxy) is 4. The van der Waals surface area contributed by atoms with Crippen LogP contribution in [0.2, 0.25) is 5.04 Å². The highest BCUT2D eigenvalue weighted by molar-refractivity contribution is 6.99. The number of hydrogen-bond donors (Lipinski definition) is 1. The van der Waals surface area contributed by atoms with E-state index in [1.807, 2.05) is 19.1 Å². The maximum Gasteiger partial charge on any atom is 0.328 e. The summed E-state index contributed by atoms with van der Waals surface area (Å²) >= 11 is 0. The summed E-state index contributed by atoms with van der Waals surface area (Å²) in [6, 6.07) is 20.5. The molecule has 2 fully saturated rings. The SMILES string of the molecule is COC(=O)[C@@H]1CCCCN1C(=O)C[C@]1(O)O[C@H]([C@H](C[C@@H](C)CO[Si](c2ccccc2)(c2ccccc2)C(C)(C)C)OC)[C@@H](OC)C[C@H]1C. The number of carbonyl (C=O) groups is 2. The van der Waals surface area contributed by atoms with E-state index < -0.39 is 44.2 Å². The van der Waals surface area contributed by atoms with Gasteiger partial charge >= 0.3 is 5.97 Å². The summed E-state index contributed by atoms with van der Waals surface area (Å²) in [5, 5.41) is 14.2. The fourth-order valence-corrected chi connectivity index (χ4v) is 12.3. The number of nitrogens with zero attached hydrogens (tertiary/aromatic N) is 1. The minimum atomic E-state index is -2.73. The van der Waals surface area contributed by atoms with Gasteiger partial charge in [-0.15, -0.1) is 0 Å². The molecule has 7 atom stereocenters. The lowest BCUT2D eigenvalue weighted by Gasteiger charge is -2.48. The summed E-state index contributed by atoms with van der Waals surface area (Å²) in [5.41, 5.74) is 0. The smallest absolute Gasteiger partial charge is 0.328 e. The van der Waals surface area contributed by atoms with E-state index in [4.69, 9.17) is 23.4 Å². The number of benzene rings is 2. The van der Waals surface area contributed by atoms with Crippen molar-refractivity contribution >= 4 is 30.6 Å². The zero-order valence-electron chi connectivity index (χ0n) is 30.1. The summed E-state index contributed by atoms with van der Waals surface area (Å²) in [6.45, 7) is 11.8. The van der Waals surface area contributed by atoms with Crippen molar-refractivity contribution in [2.24, 2.45) is 11.8 Å². The van der Waals surface area contributed by atoms with Crippen LogP contribution >= 0.6 is 0 Å². The number of esters is 1. The average Bonchev–Trinajstić information content (AvgIpc) is 3.08. The molecule has 0 bridgehead atoms. The Balaban J connectivity index is 1.53. The van der Waals surface area contributed by atoms with Crippen LogP contribution in [0.5, 0.6) is 0 Å². The molecule has 48 heavy (non-hydrogen) atoms. The first-order valence-corrected chi connectivity index (χ1v) is 19.3. The number of likely N-dealkylation sites (tertiary alicyclic amines) is 1. The Morgan fingerprint density at radius 1 is 1.02 bits per heavy atom. The molecule has 0 unspecified atom stereocenters. The van der Waals surface area contributed by atoms with Crippen molar-refractivity contribution in [1.82, 2.24) is 4.90 Å². The van der Waals surface area contributed by atoms with Crippen molar-refractivity contribution in [1.29, 1.82) is 0 Å². The lowest BCUT2D eigenvalue weighted by Crippen LogP contribution is -2.67. The summed E-state index contributed by atoms with van der Waals surface area (Å²) in [6.07, 6.45) is 1.59. The predicted molar refractivity (Wildman–Crippen MR) is 189 cm³/mol. The normalized spacial score (nSPS) is 26.5. The Labute approximate surface area is 288 Å². The highest BCUT2D eigenvalue weighted by atomic mass is 28.4. The van der Waals surface area contributed by atoms with Crippen molar-refractivity contribution in [2.45, 2.75) is 108 Å². The number of amides is 1. The summed E-state index contributed by atoms with van der Waals surface area (Å²) < 4.78 is 30.6. The molecule has 10 heteroatoms. The van der Waals surface area contributed by atoms with Gasteiger partial charge in [0.15, 0.2) is 5.79 Å². The van der Waals surface area contributed by atoms with Crippen molar-refractivity contribution < 1.29 is 38.1 Å². The minimum Gasteiger partial charge on any atom is -0.467 e. The number of rotatable bonds is 13. The molecule has 9 nitrogen and oxygen atoms in total. The van der Waals surface area contributed by atoms with Gasteiger partial charge in [0.1, 0.15) is 12.1 Å². The number of aliphatic hydroxyl groups is 1. The molecule has 1 amide bonds. The quantitative estimate of drug-likeness (QED) is 0.240. The molecule has 266 valence electrons. The molecule has 2 aromatic rings. The van der Waals surface area contributed by atoms with Crippen LogP contribution in [0.1, 0.15) is 73.1 Å². The van der Waals surface area contributed by atoms with Gasteiger partial charge in [0.2, 0.25) is 5.91 Å². The average molecular weight is 684 g/mol. The first-order chi connectivity index (χ1) is 22.8. The minimum absolute atomic E-state index is 0.0703. The molecule has 0 spiro atoms. The van der Waals surface area contributed by atoms with Gasteiger partial charge < -0.3 is 33.4 Å². The van der Waals surface area contributed by atoms with Crippen LogP contribution in [0.4, 0.5) is 0 Å². The molecule has 0 aliphatic carbocycles. The standard InChI is InChI=1S/C38H57NO8Si/c1-27(26-46-48(37(3,4)5,29-17-11-9-12-18-29)30-19-13-10-14-20-30)23-32(43-6)35-33(44-7)24-28(2)38(42,47-35)25-34(40)39-22-16-15-21-31(39)36(41)45-8/h9-14,17-20,27-28,31-33,35,42H,15-16,21-26H2,1-8H3/t27-,28-,31+,32+,33+,35-,38+/m1/s1. The molecule has 2 saturated heterocycles. The third kappa shape index (κ3) is 8.22. The maximum absolute atomic E-state index is 13.6. The predicted octanol–water partition coefficient (Wildman–Crippen LogP) is 4.68. The Morgan fingerprint density at radius 3 is 2.15 bits per heavy atom. The zero-order chi connectivity index (χ0) is 35.1. The van der Waals surface area contributed by atoms with Gasteiger partial charge in [-0.3, -0.25) is 4.79 Å². The molecule has 0 saturated carbocycles. The first-order valence-electron chi connectivity index (χ1n) is 17.4. The molecule has 2 aliphatic rings. The van der Waals surface area contributed by atoms with Crippen LogP contribution in [0, 0.1) is 11.8 Å². The summed E-state index contributed by atoms with van der Waals surface area (Å²) in [7, 11) is 1.89. The van der Waals surface area contributed by atoms with Crippen LogP contribution in [0.25, 0.3) is 0 Å². The maximum atomic E-state index is 13.6. The first kappa shape index (κ1) is 38.2. The second-order valence-corrected chi connectivity index (χ2v) is 19.0. The van der Waals surface area contributed by atoms with Gasteiger partial charge in [0.25, 0.3) is 8.32 Å². The molecule has 2 aromatic carbocycles. The van der Waals surface area contributed by atoms with E-state index >= 15 is 0 Å². The van der Waals surface area contributed by atoms with Crippen molar-refractivity contribution in [2.75, 3.05) is 34.5 Å². The summed E-state index contributed by atoms with van der Waals surface area (Å²) in [4.78, 5) is 27.6. The number of hydrogen-bond acceptors (Lipinski definition) is 8. The van der Waals surface area contributed by atoms with E-state index in [1.165, 1.54) is 17.5 Å². The van der Waals surface area contributed by atoms with Gasteiger partial charge in [0, 0.05) is 33.3 Å². The highest BCUT2D eigenvalue weighted by Crippen LogP contribution is 2.40. The largest absolute Gasteiger partial charge is 0.467 e. The van der Waals surface area contributed by atoms with Crippen molar-refractivity contribution in [3.8, 4) is 0 Å². The topological polar surface area (TPSA) is 104 Å². The summed E-state index contributed by atoms with van der Waals surface area (Å²) in [5.74, 6) is -2.83. The van der Waals surface area contributed by atoms with Gasteiger partial charge in [-0.1, -0.05) is 95.3 Å². The highest BCUT2D eigenvalue weighted by Gasteiger charge is 2.52. The fraction of sp³-hybridized carbons (Fsp3) is 0.632. The third-order valence-electron chi connectivity index (χ3n) is 10.4. The molecule has 2 aliphatic heterocycles. The lowest BCUT2D eigenvalue weighted by atomic mass is 9.83. The van der Waals surface area contributed by atoms with Crippen LogP contribution in [0.15, 0.2) is 60.7 Å². The van der Waals surface area contributed by atoms with Gasteiger partial charge in [-0.25, -0.2) is 4.79 Å². The van der Waals surface area contributed by atoms with E-state index in [1.54, 1.807) is 19.1 Å². The van der Waals surface area contributed by atoms with Crippen LogP contribution in [-0.2, 0) is 33.0 Å². The second kappa shape index (κ2) is 16.4. The van der Waals surface area contributed by atoms with E-state index in [9.17, 15) is 14.7 Å². The Bertz CT molecular complexity index is 1280. The molecule has 4 rings (SSSR count). The number of piperidine rings is 1. The van der Waals surface area contributed by atoms with Gasteiger partial charge in [-0.05, 0) is 53.4 Å². The van der Waals surface area contributed by atoms with E-state index in [2.05, 4.69) is 76.2 Å². The monoisotopic (exact) mass is 683 g/mol. The van der Waals surface area contributed by atoms with E-state index in [-0.39, 0.29) is 29.4 Å². The molecule has 0 radical (unpaired) electrons. The molecule has 1 N–H and O–H groups in total. The molecule has 2 heterocycles. The lowest BCUT2D eigenvalue weighted by molar-refractivity contribution is -0.321. The van der Waals surface area contributed by atoms with Gasteiger partial charge in [-0.2, -0.15) is 0 Å². The van der Waals surface area contributed by atoms with Crippen molar-refractivity contribution in [3.63, 3.8) is 0 Å². The van der Waals surface area contributed by atoms with E-state index in [0.29, 0.717) is 32.4 Å². The fourth-order valence-electron chi connectivity index (χ4n) is 7.64.